The smallest absolute Gasteiger partial charge is 0.231 e. The predicted octanol–water partition coefficient (Wildman–Crippen LogP) is 5.75. The third kappa shape index (κ3) is 3.45. The van der Waals surface area contributed by atoms with E-state index >= 15 is 0 Å². The van der Waals surface area contributed by atoms with Gasteiger partial charge in [-0.15, -0.1) is 0 Å². The average molecular weight is 451 g/mol. The molecule has 4 aromatic rings. The molecule has 29 heavy (non-hydrogen) atoms. The molecule has 1 aromatic heterocycles. The summed E-state index contributed by atoms with van der Waals surface area (Å²) in [4.78, 5) is 9.16. The number of aromatic nitrogens is 1. The molecule has 0 atom stereocenters. The van der Waals surface area contributed by atoms with Crippen molar-refractivity contribution in [3.05, 3.63) is 64.6 Å². The maximum atomic E-state index is 5.87. The molecule has 1 aliphatic rings. The highest BCUT2D eigenvalue weighted by molar-refractivity contribution is 9.10. The molecule has 0 radical (unpaired) electrons. The number of hydrogen-bond donors (Lipinski definition) is 0. The molecular formula is C22H15BrN2O4. The zero-order chi connectivity index (χ0) is 19.8. The van der Waals surface area contributed by atoms with Crippen LogP contribution in [-0.4, -0.2) is 25.1 Å². The lowest BCUT2D eigenvalue weighted by Gasteiger charge is -2.01. The van der Waals surface area contributed by atoms with Crippen molar-refractivity contribution >= 4 is 38.9 Å². The van der Waals surface area contributed by atoms with Gasteiger partial charge in [-0.3, -0.25) is 4.99 Å². The summed E-state index contributed by atoms with van der Waals surface area (Å²) in [7, 11) is 1.64. The van der Waals surface area contributed by atoms with Crippen molar-refractivity contribution in [2.24, 2.45) is 4.99 Å². The highest BCUT2D eigenvalue weighted by atomic mass is 79.9. The third-order valence-corrected chi connectivity index (χ3v) is 5.24. The quantitative estimate of drug-likeness (QED) is 0.370. The van der Waals surface area contributed by atoms with Gasteiger partial charge < -0.3 is 18.6 Å². The number of methoxy groups -OCH3 is 1. The summed E-state index contributed by atoms with van der Waals surface area (Å²) >= 11 is 3.54. The molecule has 0 aliphatic carbocycles. The van der Waals surface area contributed by atoms with E-state index in [0.717, 1.165) is 38.3 Å². The summed E-state index contributed by atoms with van der Waals surface area (Å²) in [6.45, 7) is 0.238. The fourth-order valence-electron chi connectivity index (χ4n) is 3.03. The van der Waals surface area contributed by atoms with Crippen LogP contribution in [0.3, 0.4) is 0 Å². The molecule has 0 spiro atoms. The Morgan fingerprint density at radius 2 is 1.83 bits per heavy atom. The van der Waals surface area contributed by atoms with Gasteiger partial charge in [-0.05, 0) is 70.5 Å². The Morgan fingerprint density at radius 1 is 1.03 bits per heavy atom. The summed E-state index contributed by atoms with van der Waals surface area (Å²) in [5, 5.41) is 0. The van der Waals surface area contributed by atoms with Crippen LogP contribution >= 0.6 is 15.9 Å². The van der Waals surface area contributed by atoms with Crippen molar-refractivity contribution in [1.29, 1.82) is 0 Å². The van der Waals surface area contributed by atoms with E-state index in [-0.39, 0.29) is 6.79 Å². The number of oxazole rings is 1. The minimum Gasteiger partial charge on any atom is -0.497 e. The minimum absolute atomic E-state index is 0.238. The molecular weight excluding hydrogens is 436 g/mol. The first kappa shape index (κ1) is 17.8. The van der Waals surface area contributed by atoms with Crippen molar-refractivity contribution in [3.8, 4) is 28.7 Å². The fourth-order valence-corrected chi connectivity index (χ4v) is 3.45. The molecule has 0 bridgehead atoms. The minimum atomic E-state index is 0.238. The van der Waals surface area contributed by atoms with Gasteiger partial charge in [-0.2, -0.15) is 0 Å². The molecule has 6 nitrogen and oxygen atoms in total. The monoisotopic (exact) mass is 450 g/mol. The number of nitrogens with zero attached hydrogens (tertiary/aromatic N) is 2. The van der Waals surface area contributed by atoms with E-state index in [0.29, 0.717) is 17.2 Å². The summed E-state index contributed by atoms with van der Waals surface area (Å²) in [5.41, 5.74) is 4.01. The van der Waals surface area contributed by atoms with Gasteiger partial charge in [0.2, 0.25) is 12.7 Å². The molecule has 0 amide bonds. The van der Waals surface area contributed by atoms with Crippen molar-refractivity contribution in [2.75, 3.05) is 13.9 Å². The van der Waals surface area contributed by atoms with Crippen molar-refractivity contribution < 1.29 is 18.6 Å². The number of aliphatic imine (C=N–C) groups is 1. The van der Waals surface area contributed by atoms with Crippen LogP contribution in [0.15, 0.2) is 68.5 Å². The summed E-state index contributed by atoms with van der Waals surface area (Å²) < 4.78 is 22.8. The highest BCUT2D eigenvalue weighted by Gasteiger charge is 2.15. The number of rotatable bonds is 4. The van der Waals surface area contributed by atoms with Crippen molar-refractivity contribution in [3.63, 3.8) is 0 Å². The van der Waals surface area contributed by atoms with Crippen molar-refractivity contribution in [2.45, 2.75) is 0 Å². The normalized spacial score (nSPS) is 12.8. The predicted molar refractivity (Wildman–Crippen MR) is 114 cm³/mol. The SMILES string of the molecule is COc1ccc(-c2nc3cc(N=Cc4cc5c(cc4Br)OCO5)ccc3o2)cc1. The molecule has 0 saturated carbocycles. The number of ether oxygens (including phenoxy) is 3. The lowest BCUT2D eigenvalue weighted by Crippen LogP contribution is -1.92. The Morgan fingerprint density at radius 3 is 2.62 bits per heavy atom. The lowest BCUT2D eigenvalue weighted by atomic mass is 10.2. The molecule has 3 aromatic carbocycles. The Hall–Kier alpha value is -3.32. The van der Waals surface area contributed by atoms with Crippen LogP contribution in [0.1, 0.15) is 5.56 Å². The largest absolute Gasteiger partial charge is 0.497 e. The lowest BCUT2D eigenvalue weighted by molar-refractivity contribution is 0.174. The Labute approximate surface area is 174 Å². The van der Waals surface area contributed by atoms with Gasteiger partial charge in [0.15, 0.2) is 17.1 Å². The first-order valence-corrected chi connectivity index (χ1v) is 9.67. The van der Waals surface area contributed by atoms with E-state index in [4.69, 9.17) is 18.6 Å². The average Bonchev–Trinajstić information content (AvgIpc) is 3.38. The zero-order valence-corrected chi connectivity index (χ0v) is 17.0. The van der Waals surface area contributed by atoms with Crippen LogP contribution in [0, 0.1) is 0 Å². The van der Waals surface area contributed by atoms with Crippen LogP contribution in [0.5, 0.6) is 17.2 Å². The molecule has 7 heteroatoms. The second-order valence-electron chi connectivity index (χ2n) is 6.38. The van der Waals surface area contributed by atoms with Crippen LogP contribution in [0.4, 0.5) is 5.69 Å². The van der Waals surface area contributed by atoms with Gasteiger partial charge in [0.05, 0.1) is 12.8 Å². The fraction of sp³-hybridized carbons (Fsp3) is 0.0909. The van der Waals surface area contributed by atoms with E-state index in [1.165, 1.54) is 0 Å². The van der Waals surface area contributed by atoms with Crippen LogP contribution < -0.4 is 14.2 Å². The van der Waals surface area contributed by atoms with Crippen LogP contribution in [-0.2, 0) is 0 Å². The van der Waals surface area contributed by atoms with Crippen LogP contribution in [0.2, 0.25) is 0 Å². The summed E-state index contributed by atoms with van der Waals surface area (Å²) in [5.74, 6) is 2.79. The van der Waals surface area contributed by atoms with Crippen LogP contribution in [0.25, 0.3) is 22.6 Å². The van der Waals surface area contributed by atoms with Gasteiger partial charge >= 0.3 is 0 Å². The Balaban J connectivity index is 1.43. The molecule has 0 N–H and O–H groups in total. The molecule has 0 unspecified atom stereocenters. The van der Waals surface area contributed by atoms with Crippen molar-refractivity contribution in [1.82, 2.24) is 4.98 Å². The second kappa shape index (κ2) is 7.25. The molecule has 144 valence electrons. The first-order chi connectivity index (χ1) is 14.2. The summed E-state index contributed by atoms with van der Waals surface area (Å²) in [6, 6.07) is 17.0. The number of hydrogen-bond acceptors (Lipinski definition) is 6. The zero-order valence-electron chi connectivity index (χ0n) is 15.4. The topological polar surface area (TPSA) is 66.1 Å². The molecule has 0 fully saturated rings. The van der Waals surface area contributed by atoms with E-state index in [1.54, 1.807) is 13.3 Å². The number of halogens is 1. The third-order valence-electron chi connectivity index (χ3n) is 4.55. The van der Waals surface area contributed by atoms with Gasteiger partial charge in [-0.1, -0.05) is 0 Å². The number of benzene rings is 3. The Kier molecular flexibility index (Phi) is 4.44. The maximum Gasteiger partial charge on any atom is 0.231 e. The first-order valence-electron chi connectivity index (χ1n) is 8.88. The maximum absolute atomic E-state index is 5.87. The van der Waals surface area contributed by atoms with Gasteiger partial charge in [0.1, 0.15) is 11.3 Å². The summed E-state index contributed by atoms with van der Waals surface area (Å²) in [6.07, 6.45) is 1.78. The van der Waals surface area contributed by atoms with Gasteiger partial charge in [-0.25, -0.2) is 4.98 Å². The number of fused-ring (bicyclic) bond motifs is 2. The standard InChI is InChI=1S/C22H15BrN2O4/c1-26-16-5-2-13(3-6-16)22-25-18-9-15(4-7-19(18)29-22)24-11-14-8-20-21(10-17(14)23)28-12-27-20/h2-11H,12H2,1H3. The highest BCUT2D eigenvalue weighted by Crippen LogP contribution is 2.36. The molecule has 2 heterocycles. The van der Waals surface area contributed by atoms with Gasteiger partial charge in [0.25, 0.3) is 0 Å². The van der Waals surface area contributed by atoms with E-state index in [9.17, 15) is 0 Å². The molecule has 5 rings (SSSR count). The van der Waals surface area contributed by atoms with Gasteiger partial charge in [0, 0.05) is 21.8 Å². The second-order valence-corrected chi connectivity index (χ2v) is 7.24. The van der Waals surface area contributed by atoms with E-state index in [1.807, 2.05) is 54.6 Å². The Bertz CT molecular complexity index is 1230. The molecule has 1 aliphatic heterocycles. The van der Waals surface area contributed by atoms with E-state index in [2.05, 4.69) is 25.9 Å². The molecule has 0 saturated heterocycles. The van der Waals surface area contributed by atoms with E-state index < -0.39 is 0 Å².